The standard InChI is InChI=1S/C12H28N2OS/c1-11(6-9-16-5)14(3)12(2,10-13)7-8-15-4/h11H,6-10,13H2,1-5H3. The molecule has 0 heterocycles. The van der Waals surface area contributed by atoms with E-state index in [1.807, 2.05) is 11.8 Å². The van der Waals surface area contributed by atoms with Crippen molar-refractivity contribution in [2.45, 2.75) is 38.3 Å². The summed E-state index contributed by atoms with van der Waals surface area (Å²) in [6, 6.07) is 0.567. The SMILES string of the molecule is COCCC(C)(CN)N(C)C(C)CCSC. The normalized spacial score (nSPS) is 17.4. The van der Waals surface area contributed by atoms with Crippen molar-refractivity contribution in [3.8, 4) is 0 Å². The van der Waals surface area contributed by atoms with Gasteiger partial charge in [-0.3, -0.25) is 4.90 Å². The van der Waals surface area contributed by atoms with E-state index >= 15 is 0 Å². The van der Waals surface area contributed by atoms with Gasteiger partial charge in [0.2, 0.25) is 0 Å². The zero-order valence-corrected chi connectivity index (χ0v) is 12.3. The van der Waals surface area contributed by atoms with Crippen LogP contribution in [0.2, 0.25) is 0 Å². The number of nitrogens with zero attached hydrogens (tertiary/aromatic N) is 1. The van der Waals surface area contributed by atoms with Crippen molar-refractivity contribution in [2.75, 3.05) is 39.3 Å². The van der Waals surface area contributed by atoms with Gasteiger partial charge in [-0.15, -0.1) is 0 Å². The summed E-state index contributed by atoms with van der Waals surface area (Å²) in [7, 11) is 3.92. The number of hydrogen-bond acceptors (Lipinski definition) is 4. The second kappa shape index (κ2) is 8.34. The molecule has 4 heteroatoms. The monoisotopic (exact) mass is 248 g/mol. The second-order valence-corrected chi connectivity index (χ2v) is 5.67. The van der Waals surface area contributed by atoms with Crippen LogP contribution in [0.25, 0.3) is 0 Å². The largest absolute Gasteiger partial charge is 0.385 e. The quantitative estimate of drug-likeness (QED) is 0.675. The number of methoxy groups -OCH3 is 1. The number of hydrogen-bond donors (Lipinski definition) is 1. The van der Waals surface area contributed by atoms with E-state index < -0.39 is 0 Å². The minimum absolute atomic E-state index is 0.0494. The van der Waals surface area contributed by atoms with Crippen molar-refractivity contribution in [1.29, 1.82) is 0 Å². The highest BCUT2D eigenvalue weighted by molar-refractivity contribution is 7.98. The van der Waals surface area contributed by atoms with Crippen LogP contribution in [0.3, 0.4) is 0 Å². The molecule has 98 valence electrons. The van der Waals surface area contributed by atoms with Crippen LogP contribution in [0.15, 0.2) is 0 Å². The number of ether oxygens (including phenoxy) is 1. The first-order valence-electron chi connectivity index (χ1n) is 5.92. The number of rotatable bonds is 9. The maximum Gasteiger partial charge on any atom is 0.0480 e. The van der Waals surface area contributed by atoms with E-state index in [9.17, 15) is 0 Å². The van der Waals surface area contributed by atoms with Gasteiger partial charge in [0.15, 0.2) is 0 Å². The molecule has 0 fully saturated rings. The van der Waals surface area contributed by atoms with E-state index in [-0.39, 0.29) is 5.54 Å². The number of likely N-dealkylation sites (N-methyl/N-ethyl adjacent to an activating group) is 1. The summed E-state index contributed by atoms with van der Waals surface area (Å²) in [5.41, 5.74) is 5.96. The van der Waals surface area contributed by atoms with Crippen molar-refractivity contribution in [1.82, 2.24) is 4.90 Å². The van der Waals surface area contributed by atoms with Gasteiger partial charge in [-0.05, 0) is 45.7 Å². The van der Waals surface area contributed by atoms with E-state index in [0.717, 1.165) is 13.0 Å². The number of nitrogens with two attached hydrogens (primary N) is 1. The molecule has 0 bridgehead atoms. The van der Waals surface area contributed by atoms with Crippen molar-refractivity contribution in [2.24, 2.45) is 5.73 Å². The van der Waals surface area contributed by atoms with Gasteiger partial charge in [0.1, 0.15) is 0 Å². The minimum atomic E-state index is 0.0494. The van der Waals surface area contributed by atoms with Gasteiger partial charge in [-0.1, -0.05) is 0 Å². The highest BCUT2D eigenvalue weighted by atomic mass is 32.2. The van der Waals surface area contributed by atoms with E-state index in [0.29, 0.717) is 12.6 Å². The Kier molecular flexibility index (Phi) is 8.46. The molecule has 0 aliphatic heterocycles. The molecule has 0 spiro atoms. The molecule has 0 aliphatic carbocycles. The van der Waals surface area contributed by atoms with Crippen molar-refractivity contribution < 1.29 is 4.74 Å². The molecule has 0 aromatic carbocycles. The van der Waals surface area contributed by atoms with Crippen LogP contribution >= 0.6 is 11.8 Å². The van der Waals surface area contributed by atoms with Crippen LogP contribution in [-0.4, -0.2) is 55.8 Å². The first-order chi connectivity index (χ1) is 7.51. The third-order valence-corrected chi connectivity index (χ3v) is 4.18. The third-order valence-electron chi connectivity index (χ3n) is 3.54. The van der Waals surface area contributed by atoms with Crippen LogP contribution < -0.4 is 5.73 Å². The summed E-state index contributed by atoms with van der Waals surface area (Å²) < 4.78 is 5.16. The third kappa shape index (κ3) is 5.04. The van der Waals surface area contributed by atoms with E-state index in [2.05, 4.69) is 32.1 Å². The maximum atomic E-state index is 5.91. The zero-order chi connectivity index (χ0) is 12.6. The smallest absolute Gasteiger partial charge is 0.0480 e. The van der Waals surface area contributed by atoms with Crippen molar-refractivity contribution in [3.05, 3.63) is 0 Å². The Morgan fingerprint density at radius 2 is 2.12 bits per heavy atom. The summed E-state index contributed by atoms with van der Waals surface area (Å²) in [6.07, 6.45) is 4.35. The molecule has 0 aromatic rings. The van der Waals surface area contributed by atoms with Gasteiger partial charge >= 0.3 is 0 Å². The van der Waals surface area contributed by atoms with Crippen molar-refractivity contribution in [3.63, 3.8) is 0 Å². The molecule has 2 atom stereocenters. The van der Waals surface area contributed by atoms with Crippen LogP contribution in [0, 0.1) is 0 Å². The van der Waals surface area contributed by atoms with Gasteiger partial charge in [0, 0.05) is 31.8 Å². The first-order valence-corrected chi connectivity index (χ1v) is 7.32. The van der Waals surface area contributed by atoms with Crippen LogP contribution in [0.4, 0.5) is 0 Å². The van der Waals surface area contributed by atoms with Crippen LogP contribution in [0.5, 0.6) is 0 Å². The molecule has 0 saturated carbocycles. The lowest BCUT2D eigenvalue weighted by Crippen LogP contribution is -2.53. The predicted octanol–water partition coefficient (Wildman–Crippen LogP) is 1.81. The predicted molar refractivity (Wildman–Crippen MR) is 74.2 cm³/mol. The molecular weight excluding hydrogens is 220 g/mol. The topological polar surface area (TPSA) is 38.5 Å². The van der Waals surface area contributed by atoms with Gasteiger partial charge in [-0.25, -0.2) is 0 Å². The molecule has 2 unspecified atom stereocenters. The van der Waals surface area contributed by atoms with E-state index in [1.165, 1.54) is 12.2 Å². The molecule has 0 saturated heterocycles. The molecule has 0 rings (SSSR count). The Morgan fingerprint density at radius 1 is 1.50 bits per heavy atom. The van der Waals surface area contributed by atoms with Gasteiger partial charge in [0.25, 0.3) is 0 Å². The molecule has 0 aromatic heterocycles. The second-order valence-electron chi connectivity index (χ2n) is 4.69. The zero-order valence-electron chi connectivity index (χ0n) is 11.5. The Hall–Kier alpha value is 0.230. The Bertz CT molecular complexity index is 180. The van der Waals surface area contributed by atoms with E-state index in [1.54, 1.807) is 7.11 Å². The Morgan fingerprint density at radius 3 is 2.56 bits per heavy atom. The first kappa shape index (κ1) is 16.2. The summed E-state index contributed by atoms with van der Waals surface area (Å²) in [4.78, 5) is 2.40. The highest BCUT2D eigenvalue weighted by Gasteiger charge is 2.30. The summed E-state index contributed by atoms with van der Waals surface area (Å²) in [5, 5.41) is 0. The summed E-state index contributed by atoms with van der Waals surface area (Å²) in [6.45, 7) is 5.95. The van der Waals surface area contributed by atoms with E-state index in [4.69, 9.17) is 10.5 Å². The lowest BCUT2D eigenvalue weighted by Gasteiger charge is -2.42. The van der Waals surface area contributed by atoms with Crippen molar-refractivity contribution >= 4 is 11.8 Å². The molecule has 3 nitrogen and oxygen atoms in total. The van der Waals surface area contributed by atoms with Gasteiger partial charge < -0.3 is 10.5 Å². The van der Waals surface area contributed by atoms with Crippen LogP contribution in [-0.2, 0) is 4.74 Å². The summed E-state index contributed by atoms with van der Waals surface area (Å²) >= 11 is 1.90. The molecule has 0 aliphatic rings. The highest BCUT2D eigenvalue weighted by Crippen LogP contribution is 2.21. The summed E-state index contributed by atoms with van der Waals surface area (Å²) in [5.74, 6) is 1.20. The van der Waals surface area contributed by atoms with Crippen LogP contribution in [0.1, 0.15) is 26.7 Å². The molecule has 0 amide bonds. The molecule has 16 heavy (non-hydrogen) atoms. The fourth-order valence-corrected chi connectivity index (χ4v) is 2.34. The molecular formula is C12H28N2OS. The Balaban J connectivity index is 4.30. The lowest BCUT2D eigenvalue weighted by molar-refractivity contribution is 0.0610. The van der Waals surface area contributed by atoms with Gasteiger partial charge in [-0.2, -0.15) is 11.8 Å². The van der Waals surface area contributed by atoms with Gasteiger partial charge in [0.05, 0.1) is 0 Å². The lowest BCUT2D eigenvalue weighted by atomic mass is 9.94. The fraction of sp³-hybridized carbons (Fsp3) is 1.00. The Labute approximate surface area is 105 Å². The fourth-order valence-electron chi connectivity index (χ4n) is 1.76. The molecule has 2 N–H and O–H groups in total. The average Bonchev–Trinajstić information content (AvgIpc) is 2.31. The molecule has 0 radical (unpaired) electrons. The average molecular weight is 248 g/mol. The minimum Gasteiger partial charge on any atom is -0.385 e. The maximum absolute atomic E-state index is 5.91. The number of thioether (sulfide) groups is 1.